The number of esters is 1. The number of aliphatic hydroxyl groups is 1. The maximum Gasteiger partial charge on any atom is 0.308 e. The molecule has 0 spiro atoms. The van der Waals surface area contributed by atoms with Gasteiger partial charge >= 0.3 is 5.97 Å². The lowest BCUT2D eigenvalue weighted by Gasteiger charge is -2.33. The summed E-state index contributed by atoms with van der Waals surface area (Å²) >= 11 is 0. The van der Waals surface area contributed by atoms with Crippen LogP contribution < -0.4 is 0 Å². The van der Waals surface area contributed by atoms with Crippen LogP contribution >= 0.6 is 0 Å². The van der Waals surface area contributed by atoms with Gasteiger partial charge in [0.25, 0.3) is 0 Å². The van der Waals surface area contributed by atoms with E-state index in [1.165, 1.54) is 12.7 Å². The van der Waals surface area contributed by atoms with E-state index in [0.29, 0.717) is 12.8 Å². The molecule has 1 aliphatic carbocycles. The molecule has 21 heavy (non-hydrogen) atoms. The van der Waals surface area contributed by atoms with Crippen molar-refractivity contribution >= 4 is 5.97 Å². The van der Waals surface area contributed by atoms with E-state index in [4.69, 9.17) is 4.74 Å². The van der Waals surface area contributed by atoms with Gasteiger partial charge in [-0.15, -0.1) is 0 Å². The van der Waals surface area contributed by atoms with Crippen LogP contribution in [0.2, 0.25) is 0 Å². The van der Waals surface area contributed by atoms with Gasteiger partial charge in [0.05, 0.1) is 19.1 Å². The van der Waals surface area contributed by atoms with Gasteiger partial charge in [-0.3, -0.25) is 4.79 Å². The SMILES string of the molecule is C=C1CC[C@H](C(=O)OC)C[C@H]1[C@H](O)CCc1ccccc1. The van der Waals surface area contributed by atoms with Crippen molar-refractivity contribution < 1.29 is 14.6 Å². The molecule has 1 aromatic carbocycles. The second-order valence-corrected chi connectivity index (χ2v) is 5.85. The van der Waals surface area contributed by atoms with Crippen LogP contribution in [0.1, 0.15) is 31.2 Å². The topological polar surface area (TPSA) is 46.5 Å². The molecule has 114 valence electrons. The molecule has 1 saturated carbocycles. The number of hydrogen-bond donors (Lipinski definition) is 1. The molecule has 0 unspecified atom stereocenters. The molecule has 0 saturated heterocycles. The van der Waals surface area contributed by atoms with Gasteiger partial charge in [0.15, 0.2) is 0 Å². The fraction of sp³-hybridized carbons (Fsp3) is 0.500. The van der Waals surface area contributed by atoms with E-state index < -0.39 is 6.10 Å². The van der Waals surface area contributed by atoms with E-state index in [1.807, 2.05) is 18.2 Å². The predicted octanol–water partition coefficient (Wildman–Crippen LogP) is 3.13. The molecule has 1 aliphatic rings. The normalized spacial score (nSPS) is 23.6. The summed E-state index contributed by atoms with van der Waals surface area (Å²) in [6.07, 6.45) is 3.34. The summed E-state index contributed by atoms with van der Waals surface area (Å²) in [4.78, 5) is 11.7. The smallest absolute Gasteiger partial charge is 0.308 e. The lowest BCUT2D eigenvalue weighted by atomic mass is 9.75. The van der Waals surface area contributed by atoms with Gasteiger partial charge in [0, 0.05) is 5.92 Å². The fourth-order valence-corrected chi connectivity index (χ4v) is 3.11. The van der Waals surface area contributed by atoms with Gasteiger partial charge in [-0.25, -0.2) is 0 Å². The average Bonchev–Trinajstić information content (AvgIpc) is 2.53. The van der Waals surface area contributed by atoms with E-state index in [0.717, 1.165) is 24.8 Å². The first-order chi connectivity index (χ1) is 10.1. The third-order valence-electron chi connectivity index (χ3n) is 4.45. The molecule has 1 aromatic rings. The van der Waals surface area contributed by atoms with Crippen molar-refractivity contribution in [2.24, 2.45) is 11.8 Å². The van der Waals surface area contributed by atoms with Gasteiger partial charge in [0.1, 0.15) is 0 Å². The van der Waals surface area contributed by atoms with Crippen LogP contribution in [0.5, 0.6) is 0 Å². The zero-order valence-electron chi connectivity index (χ0n) is 12.6. The van der Waals surface area contributed by atoms with Crippen molar-refractivity contribution in [1.29, 1.82) is 0 Å². The zero-order chi connectivity index (χ0) is 15.2. The van der Waals surface area contributed by atoms with Crippen LogP contribution in [-0.4, -0.2) is 24.3 Å². The lowest BCUT2D eigenvalue weighted by Crippen LogP contribution is -2.32. The van der Waals surface area contributed by atoms with Crippen molar-refractivity contribution in [3.05, 3.63) is 48.0 Å². The van der Waals surface area contributed by atoms with Crippen LogP contribution in [0.25, 0.3) is 0 Å². The van der Waals surface area contributed by atoms with E-state index in [1.54, 1.807) is 0 Å². The number of aliphatic hydroxyl groups excluding tert-OH is 1. The number of hydrogen-bond acceptors (Lipinski definition) is 3. The van der Waals surface area contributed by atoms with Crippen LogP contribution in [0, 0.1) is 11.8 Å². The second-order valence-electron chi connectivity index (χ2n) is 5.85. The number of aryl methyl sites for hydroxylation is 1. The first kappa shape index (κ1) is 15.8. The van der Waals surface area contributed by atoms with Gasteiger partial charge < -0.3 is 9.84 Å². The Labute approximate surface area is 126 Å². The first-order valence-electron chi connectivity index (χ1n) is 7.59. The Morgan fingerprint density at radius 1 is 1.43 bits per heavy atom. The molecule has 0 radical (unpaired) electrons. The van der Waals surface area contributed by atoms with Gasteiger partial charge in [0.2, 0.25) is 0 Å². The summed E-state index contributed by atoms with van der Waals surface area (Å²) in [7, 11) is 1.42. The lowest BCUT2D eigenvalue weighted by molar-refractivity contribution is -0.147. The molecule has 0 aliphatic heterocycles. The Hall–Kier alpha value is -1.61. The maximum absolute atomic E-state index is 11.7. The van der Waals surface area contributed by atoms with Crippen molar-refractivity contribution in [2.75, 3.05) is 7.11 Å². The number of rotatable bonds is 5. The summed E-state index contributed by atoms with van der Waals surface area (Å²) in [5, 5.41) is 10.5. The average molecular weight is 288 g/mol. The van der Waals surface area contributed by atoms with Gasteiger partial charge in [-0.2, -0.15) is 0 Å². The van der Waals surface area contributed by atoms with Crippen molar-refractivity contribution in [3.63, 3.8) is 0 Å². The van der Waals surface area contributed by atoms with E-state index in [2.05, 4.69) is 18.7 Å². The minimum absolute atomic E-state index is 0.00608. The summed E-state index contributed by atoms with van der Waals surface area (Å²) in [6, 6.07) is 10.1. The Kier molecular flexibility index (Phi) is 5.57. The van der Waals surface area contributed by atoms with Crippen LogP contribution in [0.15, 0.2) is 42.5 Å². The van der Waals surface area contributed by atoms with Gasteiger partial charge in [-0.05, 0) is 37.7 Å². The third kappa shape index (κ3) is 4.18. The predicted molar refractivity (Wildman–Crippen MR) is 82.8 cm³/mol. The highest BCUT2D eigenvalue weighted by Crippen LogP contribution is 2.36. The molecule has 2 rings (SSSR count). The minimum Gasteiger partial charge on any atom is -0.469 e. The van der Waals surface area contributed by atoms with E-state index in [-0.39, 0.29) is 17.8 Å². The molecular formula is C18H24O3. The van der Waals surface area contributed by atoms with Crippen molar-refractivity contribution in [1.82, 2.24) is 0 Å². The first-order valence-corrected chi connectivity index (χ1v) is 7.59. The van der Waals surface area contributed by atoms with Crippen LogP contribution in [-0.2, 0) is 16.0 Å². The van der Waals surface area contributed by atoms with Crippen LogP contribution in [0.4, 0.5) is 0 Å². The third-order valence-corrected chi connectivity index (χ3v) is 4.45. The van der Waals surface area contributed by atoms with Crippen molar-refractivity contribution in [2.45, 2.75) is 38.2 Å². The highest BCUT2D eigenvalue weighted by molar-refractivity contribution is 5.72. The van der Waals surface area contributed by atoms with E-state index in [9.17, 15) is 9.90 Å². The molecule has 0 heterocycles. The molecule has 3 nitrogen and oxygen atoms in total. The molecule has 0 amide bonds. The minimum atomic E-state index is -0.440. The van der Waals surface area contributed by atoms with E-state index >= 15 is 0 Å². The number of carbonyl (C=O) groups excluding carboxylic acids is 1. The molecule has 0 aromatic heterocycles. The number of ether oxygens (including phenoxy) is 1. The molecule has 1 N–H and O–H groups in total. The van der Waals surface area contributed by atoms with Crippen LogP contribution in [0.3, 0.4) is 0 Å². The summed E-state index contributed by atoms with van der Waals surface area (Å²) in [6.45, 7) is 4.08. The zero-order valence-corrected chi connectivity index (χ0v) is 12.6. The summed E-state index contributed by atoms with van der Waals surface area (Å²) in [5.41, 5.74) is 2.29. The molecule has 3 atom stereocenters. The number of methoxy groups -OCH3 is 1. The highest BCUT2D eigenvalue weighted by atomic mass is 16.5. The second kappa shape index (κ2) is 7.41. The Balaban J connectivity index is 1.91. The Morgan fingerprint density at radius 3 is 2.81 bits per heavy atom. The fourth-order valence-electron chi connectivity index (χ4n) is 3.11. The van der Waals surface area contributed by atoms with Crippen molar-refractivity contribution in [3.8, 4) is 0 Å². The monoisotopic (exact) mass is 288 g/mol. The Morgan fingerprint density at radius 2 is 2.14 bits per heavy atom. The quantitative estimate of drug-likeness (QED) is 0.669. The number of carbonyl (C=O) groups is 1. The summed E-state index contributed by atoms with van der Waals surface area (Å²) < 4.78 is 4.83. The molecule has 3 heteroatoms. The summed E-state index contributed by atoms with van der Waals surface area (Å²) in [5.74, 6) is -0.258. The van der Waals surface area contributed by atoms with Gasteiger partial charge in [-0.1, -0.05) is 42.5 Å². The Bertz CT molecular complexity index is 480. The molecular weight excluding hydrogens is 264 g/mol. The maximum atomic E-state index is 11.7. The number of benzene rings is 1. The largest absolute Gasteiger partial charge is 0.469 e. The molecule has 1 fully saturated rings. The molecule has 0 bridgehead atoms. The highest BCUT2D eigenvalue weighted by Gasteiger charge is 2.33. The standard InChI is InChI=1S/C18H24O3/c1-13-8-10-15(18(20)21-2)12-16(13)17(19)11-9-14-6-4-3-5-7-14/h3-7,15-17,19H,1,8-12H2,2H3/t15-,16+,17+/m0/s1.